The van der Waals surface area contributed by atoms with Gasteiger partial charge in [-0.1, -0.05) is 13.3 Å². The van der Waals surface area contributed by atoms with Crippen LogP contribution in [-0.2, 0) is 4.79 Å². The molecule has 0 fully saturated rings. The molecule has 1 rings (SSSR count). The maximum absolute atomic E-state index is 12.0. The predicted octanol–water partition coefficient (Wildman–Crippen LogP) is 1.66. The van der Waals surface area contributed by atoms with Gasteiger partial charge in [0.1, 0.15) is 5.75 Å². The number of amides is 1. The second kappa shape index (κ2) is 9.20. The summed E-state index contributed by atoms with van der Waals surface area (Å²) in [6.07, 6.45) is 2.29. The van der Waals surface area contributed by atoms with Crippen molar-refractivity contribution in [3.05, 3.63) is 24.3 Å². The largest absolute Gasteiger partial charge is 0.493 e. The molecule has 0 aliphatic carbocycles. The number of rotatable bonds is 9. The van der Waals surface area contributed by atoms with Crippen molar-refractivity contribution in [1.82, 2.24) is 4.90 Å². The Kier molecular flexibility index (Phi) is 7.50. The molecular formula is C15H24N2O3. The highest BCUT2D eigenvalue weighted by Gasteiger charge is 2.12. The standard InChI is InChI=1S/C15H24N2O3/c1-2-3-9-17(10-11-18)15(19)8-12-20-14-6-4-13(16)5-7-14/h4-7,18H,2-3,8-12,16H2,1H3. The number of nitrogens with two attached hydrogens (primary N) is 1. The van der Waals surface area contributed by atoms with Gasteiger partial charge >= 0.3 is 0 Å². The van der Waals surface area contributed by atoms with Crippen LogP contribution in [0.25, 0.3) is 0 Å². The van der Waals surface area contributed by atoms with E-state index < -0.39 is 0 Å². The highest BCUT2D eigenvalue weighted by Crippen LogP contribution is 2.13. The minimum atomic E-state index is -0.00568. The number of nitrogens with zero attached hydrogens (tertiary/aromatic N) is 1. The molecule has 0 aromatic heterocycles. The van der Waals surface area contributed by atoms with Crippen LogP contribution in [0.15, 0.2) is 24.3 Å². The van der Waals surface area contributed by atoms with E-state index in [0.717, 1.165) is 12.8 Å². The highest BCUT2D eigenvalue weighted by atomic mass is 16.5. The van der Waals surface area contributed by atoms with E-state index in [9.17, 15) is 4.79 Å². The molecule has 0 radical (unpaired) electrons. The van der Waals surface area contributed by atoms with Crippen molar-refractivity contribution in [2.75, 3.05) is 32.0 Å². The summed E-state index contributed by atoms with van der Waals surface area (Å²) >= 11 is 0. The molecule has 0 aliphatic rings. The van der Waals surface area contributed by atoms with Crippen LogP contribution in [0.4, 0.5) is 5.69 Å². The molecule has 0 spiro atoms. The van der Waals surface area contributed by atoms with Crippen molar-refractivity contribution in [2.24, 2.45) is 0 Å². The summed E-state index contributed by atoms with van der Waals surface area (Å²) in [5, 5.41) is 8.98. The van der Waals surface area contributed by atoms with Crippen LogP contribution in [0.3, 0.4) is 0 Å². The Labute approximate surface area is 120 Å². The SMILES string of the molecule is CCCCN(CCO)C(=O)CCOc1ccc(N)cc1. The lowest BCUT2D eigenvalue weighted by atomic mass is 10.3. The summed E-state index contributed by atoms with van der Waals surface area (Å²) in [5.74, 6) is 0.720. The van der Waals surface area contributed by atoms with E-state index in [1.165, 1.54) is 0 Å². The van der Waals surface area contributed by atoms with Crippen LogP contribution in [0.1, 0.15) is 26.2 Å². The Morgan fingerprint density at radius 1 is 1.30 bits per heavy atom. The van der Waals surface area contributed by atoms with E-state index in [0.29, 0.717) is 37.6 Å². The number of anilines is 1. The van der Waals surface area contributed by atoms with Crippen LogP contribution in [0.5, 0.6) is 5.75 Å². The van der Waals surface area contributed by atoms with Crippen molar-refractivity contribution in [2.45, 2.75) is 26.2 Å². The van der Waals surface area contributed by atoms with E-state index in [2.05, 4.69) is 6.92 Å². The fourth-order valence-electron chi connectivity index (χ4n) is 1.81. The molecule has 112 valence electrons. The lowest BCUT2D eigenvalue weighted by Gasteiger charge is -2.21. The van der Waals surface area contributed by atoms with Gasteiger partial charge in [0.2, 0.25) is 5.91 Å². The van der Waals surface area contributed by atoms with Gasteiger partial charge in [-0.2, -0.15) is 0 Å². The molecule has 0 bridgehead atoms. The first-order chi connectivity index (χ1) is 9.67. The Bertz CT molecular complexity index is 393. The minimum absolute atomic E-state index is 0.00568. The molecule has 0 aliphatic heterocycles. The molecule has 1 amide bonds. The maximum Gasteiger partial charge on any atom is 0.226 e. The first-order valence-corrected chi connectivity index (χ1v) is 7.04. The number of hydrogen-bond donors (Lipinski definition) is 2. The van der Waals surface area contributed by atoms with Crippen LogP contribution in [0.2, 0.25) is 0 Å². The van der Waals surface area contributed by atoms with Crippen LogP contribution < -0.4 is 10.5 Å². The molecule has 0 heterocycles. The lowest BCUT2D eigenvalue weighted by Crippen LogP contribution is -2.35. The van der Waals surface area contributed by atoms with Gasteiger partial charge in [-0.25, -0.2) is 0 Å². The number of hydrogen-bond acceptors (Lipinski definition) is 4. The molecule has 20 heavy (non-hydrogen) atoms. The number of ether oxygens (including phenoxy) is 1. The first kappa shape index (κ1) is 16.3. The Morgan fingerprint density at radius 2 is 2.00 bits per heavy atom. The number of carbonyl (C=O) groups is 1. The summed E-state index contributed by atoms with van der Waals surface area (Å²) in [6.45, 7) is 3.48. The third kappa shape index (κ3) is 5.93. The molecule has 3 N–H and O–H groups in total. The first-order valence-electron chi connectivity index (χ1n) is 7.04. The van der Waals surface area contributed by atoms with E-state index in [-0.39, 0.29) is 12.5 Å². The summed E-state index contributed by atoms with van der Waals surface area (Å²) < 4.78 is 5.50. The van der Waals surface area contributed by atoms with Gasteiger partial charge in [-0.15, -0.1) is 0 Å². The number of carbonyl (C=O) groups excluding carboxylic acids is 1. The van der Waals surface area contributed by atoms with Crippen LogP contribution in [0, 0.1) is 0 Å². The minimum Gasteiger partial charge on any atom is -0.493 e. The van der Waals surface area contributed by atoms with E-state index >= 15 is 0 Å². The third-order valence-electron chi connectivity index (χ3n) is 2.97. The number of aliphatic hydroxyl groups is 1. The monoisotopic (exact) mass is 280 g/mol. The van der Waals surface area contributed by atoms with Crippen molar-refractivity contribution >= 4 is 11.6 Å². The van der Waals surface area contributed by atoms with Crippen molar-refractivity contribution in [1.29, 1.82) is 0 Å². The quantitative estimate of drug-likeness (QED) is 0.675. The normalized spacial score (nSPS) is 10.3. The topological polar surface area (TPSA) is 75.8 Å². The Morgan fingerprint density at radius 3 is 2.60 bits per heavy atom. The van der Waals surface area contributed by atoms with Gasteiger partial charge in [0.05, 0.1) is 19.6 Å². The maximum atomic E-state index is 12.0. The van der Waals surface area contributed by atoms with Crippen LogP contribution >= 0.6 is 0 Å². The van der Waals surface area contributed by atoms with Gasteiger partial charge < -0.3 is 20.5 Å². The molecule has 5 nitrogen and oxygen atoms in total. The molecule has 0 saturated heterocycles. The number of benzene rings is 1. The van der Waals surface area contributed by atoms with Gasteiger partial charge in [-0.3, -0.25) is 4.79 Å². The molecular weight excluding hydrogens is 256 g/mol. The van der Waals surface area contributed by atoms with Gasteiger partial charge in [-0.05, 0) is 30.7 Å². The number of aliphatic hydroxyl groups excluding tert-OH is 1. The molecule has 1 aromatic carbocycles. The van der Waals surface area contributed by atoms with E-state index in [1.807, 2.05) is 0 Å². The molecule has 5 heteroatoms. The smallest absolute Gasteiger partial charge is 0.226 e. The second-order valence-electron chi connectivity index (χ2n) is 4.63. The number of unbranched alkanes of at least 4 members (excludes halogenated alkanes) is 1. The lowest BCUT2D eigenvalue weighted by molar-refractivity contribution is -0.132. The summed E-state index contributed by atoms with van der Waals surface area (Å²) in [5.41, 5.74) is 6.27. The Balaban J connectivity index is 2.34. The zero-order chi connectivity index (χ0) is 14.8. The van der Waals surface area contributed by atoms with E-state index in [4.69, 9.17) is 15.6 Å². The van der Waals surface area contributed by atoms with Crippen molar-refractivity contribution in [3.63, 3.8) is 0 Å². The molecule has 1 aromatic rings. The predicted molar refractivity (Wildman–Crippen MR) is 79.5 cm³/mol. The van der Waals surface area contributed by atoms with Gasteiger partial charge in [0.25, 0.3) is 0 Å². The number of nitrogen functional groups attached to an aromatic ring is 1. The highest BCUT2D eigenvalue weighted by molar-refractivity contribution is 5.76. The molecule has 0 unspecified atom stereocenters. The zero-order valence-electron chi connectivity index (χ0n) is 12.0. The third-order valence-corrected chi connectivity index (χ3v) is 2.97. The molecule has 0 saturated carbocycles. The fourth-order valence-corrected chi connectivity index (χ4v) is 1.81. The fraction of sp³-hybridized carbons (Fsp3) is 0.533. The van der Waals surface area contributed by atoms with Crippen molar-refractivity contribution in [3.8, 4) is 5.75 Å². The summed E-state index contributed by atoms with van der Waals surface area (Å²) in [4.78, 5) is 13.7. The average Bonchev–Trinajstić information content (AvgIpc) is 2.45. The molecule has 0 atom stereocenters. The van der Waals surface area contributed by atoms with Gasteiger partial charge in [0.15, 0.2) is 0 Å². The van der Waals surface area contributed by atoms with Crippen LogP contribution in [-0.4, -0.2) is 42.2 Å². The van der Waals surface area contributed by atoms with Crippen molar-refractivity contribution < 1.29 is 14.6 Å². The average molecular weight is 280 g/mol. The Hall–Kier alpha value is -1.75. The second-order valence-corrected chi connectivity index (χ2v) is 4.63. The summed E-state index contributed by atoms with van der Waals surface area (Å²) in [7, 11) is 0. The zero-order valence-corrected chi connectivity index (χ0v) is 12.0. The van der Waals surface area contributed by atoms with Gasteiger partial charge in [0, 0.05) is 18.8 Å². The summed E-state index contributed by atoms with van der Waals surface area (Å²) in [6, 6.07) is 7.08. The van der Waals surface area contributed by atoms with E-state index in [1.54, 1.807) is 29.2 Å².